The van der Waals surface area contributed by atoms with Gasteiger partial charge in [-0.1, -0.05) is 35.9 Å². The Bertz CT molecular complexity index is 838. The Balaban J connectivity index is 1.61. The number of carbonyl (C=O) groups excluding carboxylic acids is 2. The lowest BCUT2D eigenvalue weighted by atomic mass is 10.0. The van der Waals surface area contributed by atoms with Crippen LogP contribution in [-0.2, 0) is 11.3 Å². The van der Waals surface area contributed by atoms with Crippen molar-refractivity contribution in [2.45, 2.75) is 25.9 Å². The summed E-state index contributed by atoms with van der Waals surface area (Å²) in [4.78, 5) is 23.7. The van der Waals surface area contributed by atoms with E-state index < -0.39 is 12.1 Å². The lowest BCUT2D eigenvalue weighted by Gasteiger charge is -2.20. The molecule has 1 unspecified atom stereocenters. The maximum atomic E-state index is 12.4. The Morgan fingerprint density at radius 2 is 2.11 bits per heavy atom. The molecule has 0 aromatic heterocycles. The van der Waals surface area contributed by atoms with Crippen LogP contribution < -0.4 is 26.4 Å². The predicted molar refractivity (Wildman–Crippen MR) is 104 cm³/mol. The van der Waals surface area contributed by atoms with Crippen molar-refractivity contribution < 1.29 is 14.3 Å². The van der Waals surface area contributed by atoms with Gasteiger partial charge in [0.05, 0.1) is 18.2 Å². The van der Waals surface area contributed by atoms with Crippen LogP contribution in [0.2, 0.25) is 0 Å². The second-order valence-corrected chi connectivity index (χ2v) is 6.56. The van der Waals surface area contributed by atoms with Crippen molar-refractivity contribution in [2.24, 2.45) is 5.73 Å². The largest absolute Gasteiger partial charge is 0.490 e. The summed E-state index contributed by atoms with van der Waals surface area (Å²) in [6.07, 6.45) is 0.107. The molecule has 0 aliphatic carbocycles. The molecule has 3 amide bonds. The molecule has 0 saturated carbocycles. The van der Waals surface area contributed by atoms with Crippen molar-refractivity contribution in [3.8, 4) is 5.75 Å². The molecule has 1 aliphatic heterocycles. The Hall–Kier alpha value is -3.22. The number of aryl methyl sites for hydroxylation is 1. The zero-order valence-corrected chi connectivity index (χ0v) is 15.2. The summed E-state index contributed by atoms with van der Waals surface area (Å²) < 4.78 is 5.61. The van der Waals surface area contributed by atoms with Crippen LogP contribution in [0.4, 0.5) is 10.5 Å². The normalized spacial score (nSPS) is 13.5. The molecule has 1 heterocycles. The monoisotopic (exact) mass is 368 g/mol. The van der Waals surface area contributed by atoms with Gasteiger partial charge in [-0.2, -0.15) is 0 Å². The molecule has 142 valence electrons. The number of anilines is 1. The SMILES string of the molecule is Cc1cccc(C(CC(=O)NCc2ccc3c(c2)OCCN3)NC(N)=O)c1. The second-order valence-electron chi connectivity index (χ2n) is 6.56. The van der Waals surface area contributed by atoms with Crippen LogP contribution in [0.5, 0.6) is 5.75 Å². The first kappa shape index (κ1) is 18.6. The fourth-order valence-corrected chi connectivity index (χ4v) is 3.06. The summed E-state index contributed by atoms with van der Waals surface area (Å²) in [7, 11) is 0. The molecule has 0 spiro atoms. The number of amides is 3. The van der Waals surface area contributed by atoms with Gasteiger partial charge in [-0.05, 0) is 30.2 Å². The lowest BCUT2D eigenvalue weighted by Crippen LogP contribution is -2.36. The number of benzene rings is 2. The highest BCUT2D eigenvalue weighted by Gasteiger charge is 2.18. The molecule has 0 radical (unpaired) electrons. The molecule has 2 aromatic rings. The first-order chi connectivity index (χ1) is 13.0. The van der Waals surface area contributed by atoms with E-state index in [0.717, 1.165) is 34.7 Å². The predicted octanol–water partition coefficient (Wildman–Crippen LogP) is 2.22. The molecular formula is C20H24N4O3. The van der Waals surface area contributed by atoms with Gasteiger partial charge in [0.25, 0.3) is 0 Å². The minimum Gasteiger partial charge on any atom is -0.490 e. The van der Waals surface area contributed by atoms with E-state index in [2.05, 4.69) is 16.0 Å². The van der Waals surface area contributed by atoms with Gasteiger partial charge in [0, 0.05) is 13.1 Å². The average molecular weight is 368 g/mol. The smallest absolute Gasteiger partial charge is 0.312 e. The van der Waals surface area contributed by atoms with Crippen LogP contribution in [0.1, 0.15) is 29.2 Å². The molecule has 3 rings (SSSR count). The number of fused-ring (bicyclic) bond motifs is 1. The fourth-order valence-electron chi connectivity index (χ4n) is 3.06. The van der Waals surface area contributed by atoms with Crippen molar-refractivity contribution in [3.63, 3.8) is 0 Å². The van der Waals surface area contributed by atoms with Gasteiger partial charge in [0.2, 0.25) is 5.91 Å². The van der Waals surface area contributed by atoms with E-state index >= 15 is 0 Å². The molecule has 0 bridgehead atoms. The van der Waals surface area contributed by atoms with Crippen LogP contribution in [0.3, 0.4) is 0 Å². The van der Waals surface area contributed by atoms with Crippen molar-refractivity contribution >= 4 is 17.6 Å². The quantitative estimate of drug-likeness (QED) is 0.627. The summed E-state index contributed by atoms with van der Waals surface area (Å²) >= 11 is 0. The summed E-state index contributed by atoms with van der Waals surface area (Å²) in [6.45, 7) is 3.75. The van der Waals surface area contributed by atoms with E-state index in [1.165, 1.54) is 0 Å². The molecule has 27 heavy (non-hydrogen) atoms. The van der Waals surface area contributed by atoms with Crippen LogP contribution in [0.15, 0.2) is 42.5 Å². The van der Waals surface area contributed by atoms with Gasteiger partial charge in [0.1, 0.15) is 12.4 Å². The third-order valence-corrected chi connectivity index (χ3v) is 4.36. The highest BCUT2D eigenvalue weighted by atomic mass is 16.5. The molecule has 0 saturated heterocycles. The molecule has 7 nitrogen and oxygen atoms in total. The van der Waals surface area contributed by atoms with Crippen LogP contribution >= 0.6 is 0 Å². The van der Waals surface area contributed by atoms with Crippen LogP contribution in [-0.4, -0.2) is 25.1 Å². The maximum absolute atomic E-state index is 12.4. The zero-order valence-electron chi connectivity index (χ0n) is 15.2. The van der Waals surface area contributed by atoms with Crippen molar-refractivity contribution in [1.29, 1.82) is 0 Å². The molecule has 0 fully saturated rings. The first-order valence-electron chi connectivity index (χ1n) is 8.90. The number of nitrogens with one attached hydrogen (secondary N) is 3. The summed E-state index contributed by atoms with van der Waals surface area (Å²) in [6, 6.07) is 12.3. The molecule has 1 aliphatic rings. The molecule has 1 atom stereocenters. The van der Waals surface area contributed by atoms with Crippen molar-refractivity contribution in [2.75, 3.05) is 18.5 Å². The molecular weight excluding hydrogens is 344 g/mol. The van der Waals surface area contributed by atoms with Crippen LogP contribution in [0, 0.1) is 6.92 Å². The molecule has 5 N–H and O–H groups in total. The zero-order chi connectivity index (χ0) is 19.2. The average Bonchev–Trinajstić information content (AvgIpc) is 2.65. The number of nitrogens with two attached hydrogens (primary N) is 1. The Morgan fingerprint density at radius 3 is 2.89 bits per heavy atom. The number of hydrogen-bond acceptors (Lipinski definition) is 4. The second kappa shape index (κ2) is 8.44. The number of urea groups is 1. The topological polar surface area (TPSA) is 105 Å². The Kier molecular flexibility index (Phi) is 5.80. The summed E-state index contributed by atoms with van der Waals surface area (Å²) in [5.74, 6) is 0.619. The highest BCUT2D eigenvalue weighted by molar-refractivity contribution is 5.78. The number of ether oxygens (including phenoxy) is 1. The van der Waals surface area contributed by atoms with E-state index in [4.69, 9.17) is 10.5 Å². The minimum absolute atomic E-state index is 0.107. The lowest BCUT2D eigenvalue weighted by molar-refractivity contribution is -0.121. The van der Waals surface area contributed by atoms with Gasteiger partial charge in [-0.3, -0.25) is 4.79 Å². The number of hydrogen-bond donors (Lipinski definition) is 4. The number of rotatable bonds is 6. The maximum Gasteiger partial charge on any atom is 0.312 e. The van der Waals surface area contributed by atoms with E-state index in [1.54, 1.807) is 0 Å². The fraction of sp³-hybridized carbons (Fsp3) is 0.300. The van der Waals surface area contributed by atoms with Crippen LogP contribution in [0.25, 0.3) is 0 Å². The van der Waals surface area contributed by atoms with Gasteiger partial charge < -0.3 is 26.4 Å². The summed E-state index contributed by atoms with van der Waals surface area (Å²) in [5.41, 5.74) is 9.07. The van der Waals surface area contributed by atoms with Gasteiger partial charge in [-0.25, -0.2) is 4.79 Å². The number of primary amides is 1. The van der Waals surface area contributed by atoms with E-state index in [-0.39, 0.29) is 12.3 Å². The van der Waals surface area contributed by atoms with E-state index in [9.17, 15) is 9.59 Å². The van der Waals surface area contributed by atoms with E-state index in [0.29, 0.717) is 13.2 Å². The Morgan fingerprint density at radius 1 is 1.26 bits per heavy atom. The minimum atomic E-state index is -0.659. The molecule has 2 aromatic carbocycles. The Labute approximate surface area is 158 Å². The first-order valence-corrected chi connectivity index (χ1v) is 8.90. The highest BCUT2D eigenvalue weighted by Crippen LogP contribution is 2.28. The van der Waals surface area contributed by atoms with Crippen molar-refractivity contribution in [1.82, 2.24) is 10.6 Å². The molecule has 7 heteroatoms. The third-order valence-electron chi connectivity index (χ3n) is 4.36. The summed E-state index contributed by atoms with van der Waals surface area (Å²) in [5, 5.41) is 8.79. The van der Waals surface area contributed by atoms with Gasteiger partial charge in [-0.15, -0.1) is 0 Å². The van der Waals surface area contributed by atoms with Gasteiger partial charge in [0.15, 0.2) is 0 Å². The standard InChI is InChI=1S/C20H24N4O3/c1-13-3-2-4-15(9-13)17(24-20(21)26)11-19(25)23-12-14-5-6-16-18(10-14)27-8-7-22-16/h2-6,9-10,17,22H,7-8,11-12H2,1H3,(H,23,25)(H3,21,24,26). The van der Waals surface area contributed by atoms with E-state index in [1.807, 2.05) is 49.4 Å². The third kappa shape index (κ3) is 5.13. The number of carbonyl (C=O) groups is 2. The van der Waals surface area contributed by atoms with Crippen molar-refractivity contribution in [3.05, 3.63) is 59.2 Å². The van der Waals surface area contributed by atoms with Gasteiger partial charge >= 0.3 is 6.03 Å².